The fraction of sp³-hybridized carbons (Fsp3) is 0.812. The summed E-state index contributed by atoms with van der Waals surface area (Å²) in [6, 6.07) is 0.184. The maximum atomic E-state index is 12.2. The van der Waals surface area contributed by atoms with Gasteiger partial charge in [-0.1, -0.05) is 34.6 Å². The molecule has 6 nitrogen and oxygen atoms in total. The van der Waals surface area contributed by atoms with Crippen molar-refractivity contribution in [3.05, 3.63) is 5.82 Å². The van der Waals surface area contributed by atoms with Crippen molar-refractivity contribution in [1.29, 1.82) is 0 Å². The molecule has 1 aromatic rings. The van der Waals surface area contributed by atoms with Gasteiger partial charge in [0.1, 0.15) is 5.82 Å². The number of rotatable bonds is 3. The molecule has 0 saturated carbocycles. The van der Waals surface area contributed by atoms with Crippen molar-refractivity contribution in [3.8, 4) is 0 Å². The first-order chi connectivity index (χ1) is 10.1. The molecule has 124 valence electrons. The van der Waals surface area contributed by atoms with Crippen molar-refractivity contribution in [2.45, 2.75) is 59.5 Å². The summed E-state index contributed by atoms with van der Waals surface area (Å²) in [6.45, 7) is 14.9. The minimum absolute atomic E-state index is 0.0671. The highest BCUT2D eigenvalue weighted by atomic mass is 16.2. The summed E-state index contributed by atoms with van der Waals surface area (Å²) < 4.78 is 2.19. The number of aromatic nitrogens is 3. The molecule has 0 aromatic carbocycles. The molecule has 0 spiro atoms. The number of amides is 1. The molecular weight excluding hydrogens is 278 g/mol. The van der Waals surface area contributed by atoms with Gasteiger partial charge in [-0.25, -0.2) is 0 Å². The third kappa shape index (κ3) is 3.25. The van der Waals surface area contributed by atoms with E-state index in [-0.39, 0.29) is 17.4 Å². The summed E-state index contributed by atoms with van der Waals surface area (Å²) in [6.07, 6.45) is 0. The Morgan fingerprint density at radius 2 is 1.91 bits per heavy atom. The third-order valence-corrected chi connectivity index (χ3v) is 4.10. The zero-order valence-corrected chi connectivity index (χ0v) is 14.9. The van der Waals surface area contributed by atoms with E-state index >= 15 is 0 Å². The average molecular weight is 307 g/mol. The summed E-state index contributed by atoms with van der Waals surface area (Å²) in [5, 5.41) is 8.85. The molecule has 1 unspecified atom stereocenters. The Hall–Kier alpha value is -1.59. The first-order valence-corrected chi connectivity index (χ1v) is 8.05. The first kappa shape index (κ1) is 16.8. The van der Waals surface area contributed by atoms with E-state index in [4.69, 9.17) is 0 Å². The van der Waals surface area contributed by atoms with E-state index in [1.54, 1.807) is 0 Å². The monoisotopic (exact) mass is 307 g/mol. The van der Waals surface area contributed by atoms with Gasteiger partial charge in [-0.05, 0) is 12.8 Å². The number of likely N-dealkylation sites (N-methyl/N-ethyl adjacent to an activating group) is 1. The summed E-state index contributed by atoms with van der Waals surface area (Å²) in [5.41, 5.74) is -0.0671. The molecule has 0 radical (unpaired) electrons. The lowest BCUT2D eigenvalue weighted by atomic mass is 9.95. The Kier molecular flexibility index (Phi) is 4.49. The molecule has 6 heteroatoms. The van der Waals surface area contributed by atoms with Crippen molar-refractivity contribution < 1.29 is 4.79 Å². The summed E-state index contributed by atoms with van der Waals surface area (Å²) in [4.78, 5) is 16.0. The van der Waals surface area contributed by atoms with Gasteiger partial charge in [-0.15, -0.1) is 10.2 Å². The molecule has 2 heterocycles. The quantitative estimate of drug-likeness (QED) is 0.856. The van der Waals surface area contributed by atoms with Gasteiger partial charge in [0, 0.05) is 31.6 Å². The SMILES string of the molecule is CC(C)Cn1c(N2CC(=O)N(C)C(C)C2)nnc1C(C)(C)C. The lowest BCUT2D eigenvalue weighted by molar-refractivity contribution is -0.131. The fourth-order valence-electron chi connectivity index (χ4n) is 2.80. The van der Waals surface area contributed by atoms with E-state index < -0.39 is 0 Å². The smallest absolute Gasteiger partial charge is 0.242 e. The van der Waals surface area contributed by atoms with Gasteiger partial charge in [-0.3, -0.25) is 9.36 Å². The van der Waals surface area contributed by atoms with Crippen LogP contribution in [0.1, 0.15) is 47.4 Å². The van der Waals surface area contributed by atoms with Gasteiger partial charge < -0.3 is 9.80 Å². The van der Waals surface area contributed by atoms with E-state index in [1.165, 1.54) is 0 Å². The molecule has 1 aliphatic heterocycles. The predicted molar refractivity (Wildman–Crippen MR) is 88.0 cm³/mol. The predicted octanol–water partition coefficient (Wildman–Crippen LogP) is 1.90. The maximum Gasteiger partial charge on any atom is 0.242 e. The number of carbonyl (C=O) groups is 1. The Balaban J connectivity index is 2.38. The normalized spacial score (nSPS) is 20.2. The van der Waals surface area contributed by atoms with Crippen LogP contribution in [-0.4, -0.2) is 51.8 Å². The van der Waals surface area contributed by atoms with Crippen LogP contribution in [0.5, 0.6) is 0 Å². The van der Waals surface area contributed by atoms with Crippen LogP contribution in [0.4, 0.5) is 5.95 Å². The second-order valence-electron chi connectivity index (χ2n) is 7.81. The molecule has 0 N–H and O–H groups in total. The van der Waals surface area contributed by atoms with Crippen molar-refractivity contribution in [3.63, 3.8) is 0 Å². The van der Waals surface area contributed by atoms with E-state index in [0.717, 1.165) is 24.9 Å². The Labute approximate surface area is 133 Å². The standard InChI is InChI=1S/C16H29N5O/c1-11(2)8-21-14(16(4,5)6)17-18-15(21)20-9-12(3)19(7)13(22)10-20/h11-12H,8-10H2,1-7H3. The lowest BCUT2D eigenvalue weighted by Crippen LogP contribution is -2.54. The minimum Gasteiger partial charge on any atom is -0.340 e. The number of hydrogen-bond acceptors (Lipinski definition) is 4. The maximum absolute atomic E-state index is 12.2. The van der Waals surface area contributed by atoms with Crippen LogP contribution < -0.4 is 4.90 Å². The van der Waals surface area contributed by atoms with Gasteiger partial charge in [0.05, 0.1) is 6.54 Å². The second-order valence-corrected chi connectivity index (χ2v) is 7.81. The summed E-state index contributed by atoms with van der Waals surface area (Å²) in [7, 11) is 1.86. The highest BCUT2D eigenvalue weighted by Gasteiger charge is 2.32. The Bertz CT molecular complexity index is 543. The Morgan fingerprint density at radius 3 is 2.41 bits per heavy atom. The van der Waals surface area contributed by atoms with Crippen molar-refractivity contribution >= 4 is 11.9 Å². The summed E-state index contributed by atoms with van der Waals surface area (Å²) >= 11 is 0. The number of anilines is 1. The molecule has 1 fully saturated rings. The van der Waals surface area contributed by atoms with Gasteiger partial charge in [0.25, 0.3) is 0 Å². The van der Waals surface area contributed by atoms with E-state index in [0.29, 0.717) is 12.5 Å². The van der Waals surface area contributed by atoms with Crippen LogP contribution in [-0.2, 0) is 16.8 Å². The highest BCUT2D eigenvalue weighted by Crippen LogP contribution is 2.27. The molecule has 0 bridgehead atoms. The number of nitrogens with zero attached hydrogens (tertiary/aromatic N) is 5. The fourth-order valence-corrected chi connectivity index (χ4v) is 2.80. The van der Waals surface area contributed by atoms with Crippen molar-refractivity contribution in [2.24, 2.45) is 5.92 Å². The average Bonchev–Trinajstić information content (AvgIpc) is 2.78. The van der Waals surface area contributed by atoms with E-state index in [2.05, 4.69) is 61.2 Å². The van der Waals surface area contributed by atoms with Gasteiger partial charge in [-0.2, -0.15) is 0 Å². The summed E-state index contributed by atoms with van der Waals surface area (Å²) in [5.74, 6) is 2.44. The molecule has 1 atom stereocenters. The first-order valence-electron chi connectivity index (χ1n) is 8.05. The zero-order valence-electron chi connectivity index (χ0n) is 14.9. The molecule has 1 aromatic heterocycles. The molecular formula is C16H29N5O. The third-order valence-electron chi connectivity index (χ3n) is 4.10. The zero-order chi connectivity index (χ0) is 16.7. The van der Waals surface area contributed by atoms with Crippen molar-refractivity contribution in [2.75, 3.05) is 25.0 Å². The van der Waals surface area contributed by atoms with E-state index in [1.807, 2.05) is 11.9 Å². The molecule has 1 amide bonds. The number of carbonyl (C=O) groups excluding carboxylic acids is 1. The molecule has 2 rings (SSSR count). The van der Waals surface area contributed by atoms with Crippen LogP contribution in [0.25, 0.3) is 0 Å². The second kappa shape index (κ2) is 5.89. The van der Waals surface area contributed by atoms with Crippen LogP contribution >= 0.6 is 0 Å². The minimum atomic E-state index is -0.0671. The highest BCUT2D eigenvalue weighted by molar-refractivity contribution is 5.82. The number of hydrogen-bond donors (Lipinski definition) is 0. The van der Waals surface area contributed by atoms with E-state index in [9.17, 15) is 4.79 Å². The van der Waals surface area contributed by atoms with Crippen LogP contribution in [0, 0.1) is 5.92 Å². The van der Waals surface area contributed by atoms with Gasteiger partial charge in [0.15, 0.2) is 0 Å². The van der Waals surface area contributed by atoms with Crippen LogP contribution in [0.2, 0.25) is 0 Å². The largest absolute Gasteiger partial charge is 0.340 e. The van der Waals surface area contributed by atoms with Crippen LogP contribution in [0.3, 0.4) is 0 Å². The molecule has 1 saturated heterocycles. The van der Waals surface area contributed by atoms with Crippen molar-refractivity contribution in [1.82, 2.24) is 19.7 Å². The molecule has 0 aliphatic carbocycles. The van der Waals surface area contributed by atoms with Gasteiger partial charge >= 0.3 is 0 Å². The number of piperazine rings is 1. The van der Waals surface area contributed by atoms with Gasteiger partial charge in [0.2, 0.25) is 11.9 Å². The molecule has 1 aliphatic rings. The van der Waals surface area contributed by atoms with Crippen LogP contribution in [0.15, 0.2) is 0 Å². The molecule has 22 heavy (non-hydrogen) atoms. The Morgan fingerprint density at radius 1 is 1.27 bits per heavy atom. The lowest BCUT2D eigenvalue weighted by Gasteiger charge is -2.38. The topological polar surface area (TPSA) is 54.3 Å².